The third-order valence-corrected chi connectivity index (χ3v) is 4.44. The molecule has 0 radical (unpaired) electrons. The lowest BCUT2D eigenvalue weighted by atomic mass is 9.80. The Morgan fingerprint density at radius 1 is 1.39 bits per heavy atom. The van der Waals surface area contributed by atoms with Gasteiger partial charge in [-0.05, 0) is 43.5 Å². The summed E-state index contributed by atoms with van der Waals surface area (Å²) < 4.78 is 12.3. The zero-order valence-electron chi connectivity index (χ0n) is 13.1. The second-order valence-corrected chi connectivity index (χ2v) is 6.36. The lowest BCUT2D eigenvalue weighted by molar-refractivity contribution is -0.165. The lowest BCUT2D eigenvalue weighted by Crippen LogP contribution is -2.37. The van der Waals surface area contributed by atoms with E-state index in [9.17, 15) is 4.79 Å². The van der Waals surface area contributed by atoms with E-state index in [1.165, 1.54) is 0 Å². The second kappa shape index (κ2) is 8.47. The summed E-state index contributed by atoms with van der Waals surface area (Å²) >= 11 is 3.43. The first-order valence-corrected chi connectivity index (χ1v) is 8.52. The van der Waals surface area contributed by atoms with Gasteiger partial charge in [0.05, 0.1) is 0 Å². The SMILES string of the molecule is CCO[C@H]1OC(C(N)=O)=C[C@@H](c2ccc(Br)cc2)[C@@H]1CCCO. The summed E-state index contributed by atoms with van der Waals surface area (Å²) in [6.45, 7) is 2.46. The summed E-state index contributed by atoms with van der Waals surface area (Å²) in [7, 11) is 0. The van der Waals surface area contributed by atoms with E-state index in [-0.39, 0.29) is 24.2 Å². The van der Waals surface area contributed by atoms with Crippen LogP contribution in [0.15, 0.2) is 40.6 Å². The van der Waals surface area contributed by atoms with Gasteiger partial charge in [0, 0.05) is 29.5 Å². The standard InChI is InChI=1S/C17H22BrNO4/c1-2-22-17-13(4-3-9-20)14(10-15(23-17)16(19)21)11-5-7-12(18)8-6-11/h5-8,10,13-14,17,20H,2-4,9H2,1H3,(H2,19,21)/t13-,14-,17-/m0/s1. The summed E-state index contributed by atoms with van der Waals surface area (Å²) in [5.74, 6) is -0.511. The van der Waals surface area contributed by atoms with Gasteiger partial charge < -0.3 is 20.3 Å². The molecule has 3 atom stereocenters. The highest BCUT2D eigenvalue weighted by atomic mass is 79.9. The van der Waals surface area contributed by atoms with Crippen molar-refractivity contribution in [1.82, 2.24) is 0 Å². The minimum atomic E-state index is -0.600. The molecule has 1 amide bonds. The number of hydrogen-bond acceptors (Lipinski definition) is 4. The predicted octanol–water partition coefficient (Wildman–Crippen LogP) is 2.68. The van der Waals surface area contributed by atoms with E-state index in [1.54, 1.807) is 6.08 Å². The molecule has 0 saturated carbocycles. The van der Waals surface area contributed by atoms with E-state index in [0.29, 0.717) is 13.0 Å². The van der Waals surface area contributed by atoms with Crippen LogP contribution in [0, 0.1) is 5.92 Å². The molecule has 0 unspecified atom stereocenters. The molecule has 1 aliphatic rings. The number of amides is 1. The van der Waals surface area contributed by atoms with Crippen LogP contribution in [0.3, 0.4) is 0 Å². The van der Waals surface area contributed by atoms with Gasteiger partial charge in [-0.15, -0.1) is 0 Å². The maximum atomic E-state index is 11.6. The van der Waals surface area contributed by atoms with Crippen molar-refractivity contribution in [2.24, 2.45) is 11.7 Å². The van der Waals surface area contributed by atoms with Crippen LogP contribution in [0.2, 0.25) is 0 Å². The van der Waals surface area contributed by atoms with E-state index in [0.717, 1.165) is 16.5 Å². The van der Waals surface area contributed by atoms with E-state index in [4.69, 9.17) is 20.3 Å². The molecule has 1 aliphatic heterocycles. The zero-order valence-corrected chi connectivity index (χ0v) is 14.7. The van der Waals surface area contributed by atoms with Gasteiger partial charge in [-0.2, -0.15) is 0 Å². The molecular weight excluding hydrogens is 362 g/mol. The Morgan fingerprint density at radius 2 is 2.09 bits per heavy atom. The molecule has 5 nitrogen and oxygen atoms in total. The number of carbonyl (C=O) groups excluding carboxylic acids is 1. The molecule has 0 fully saturated rings. The van der Waals surface area contributed by atoms with E-state index in [2.05, 4.69) is 15.9 Å². The molecule has 1 heterocycles. The Balaban J connectivity index is 2.38. The summed E-state index contributed by atoms with van der Waals surface area (Å²) in [4.78, 5) is 11.6. The van der Waals surface area contributed by atoms with E-state index in [1.807, 2.05) is 31.2 Å². The van der Waals surface area contributed by atoms with Gasteiger partial charge in [0.1, 0.15) is 0 Å². The first kappa shape index (κ1) is 18.0. The first-order chi connectivity index (χ1) is 11.1. The molecule has 1 aromatic carbocycles. The number of nitrogens with two attached hydrogens (primary N) is 1. The van der Waals surface area contributed by atoms with Crippen molar-refractivity contribution in [1.29, 1.82) is 0 Å². The summed E-state index contributed by atoms with van der Waals surface area (Å²) in [5.41, 5.74) is 6.46. The monoisotopic (exact) mass is 383 g/mol. The van der Waals surface area contributed by atoms with Crippen LogP contribution in [0.25, 0.3) is 0 Å². The summed E-state index contributed by atoms with van der Waals surface area (Å²) in [6.07, 6.45) is 2.59. The highest BCUT2D eigenvalue weighted by molar-refractivity contribution is 9.10. The Labute approximate surface area is 144 Å². The van der Waals surface area contributed by atoms with Crippen LogP contribution in [-0.2, 0) is 14.3 Å². The Bertz CT molecular complexity index is 558. The number of allylic oxidation sites excluding steroid dienone is 1. The maximum Gasteiger partial charge on any atom is 0.283 e. The van der Waals surface area contributed by atoms with Crippen molar-refractivity contribution in [2.45, 2.75) is 32.0 Å². The van der Waals surface area contributed by atoms with Crippen molar-refractivity contribution < 1.29 is 19.4 Å². The van der Waals surface area contributed by atoms with Crippen molar-refractivity contribution in [3.8, 4) is 0 Å². The quantitative estimate of drug-likeness (QED) is 0.758. The fourth-order valence-corrected chi connectivity index (χ4v) is 3.11. The minimum Gasteiger partial charge on any atom is -0.459 e. The Morgan fingerprint density at radius 3 is 2.65 bits per heavy atom. The number of aliphatic hydroxyl groups is 1. The van der Waals surface area contributed by atoms with Gasteiger partial charge in [-0.3, -0.25) is 4.79 Å². The van der Waals surface area contributed by atoms with Crippen molar-refractivity contribution in [2.75, 3.05) is 13.2 Å². The number of aliphatic hydroxyl groups excluding tert-OH is 1. The van der Waals surface area contributed by atoms with Crippen LogP contribution < -0.4 is 5.73 Å². The van der Waals surface area contributed by atoms with Gasteiger partial charge >= 0.3 is 0 Å². The van der Waals surface area contributed by atoms with Gasteiger partial charge in [0.25, 0.3) is 5.91 Å². The highest BCUT2D eigenvalue weighted by Crippen LogP contribution is 2.39. The summed E-state index contributed by atoms with van der Waals surface area (Å²) in [6, 6.07) is 7.93. The molecule has 0 saturated heterocycles. The van der Waals surface area contributed by atoms with Crippen molar-refractivity contribution in [3.05, 3.63) is 46.1 Å². The Kier molecular flexibility index (Phi) is 6.62. The van der Waals surface area contributed by atoms with Crippen LogP contribution in [0.1, 0.15) is 31.2 Å². The first-order valence-electron chi connectivity index (χ1n) is 7.73. The topological polar surface area (TPSA) is 81.8 Å². The van der Waals surface area contributed by atoms with Crippen LogP contribution >= 0.6 is 15.9 Å². The van der Waals surface area contributed by atoms with Crippen molar-refractivity contribution in [3.63, 3.8) is 0 Å². The zero-order chi connectivity index (χ0) is 16.8. The maximum absolute atomic E-state index is 11.6. The van der Waals surface area contributed by atoms with Crippen molar-refractivity contribution >= 4 is 21.8 Å². The van der Waals surface area contributed by atoms with Crippen LogP contribution in [0.4, 0.5) is 0 Å². The van der Waals surface area contributed by atoms with Gasteiger partial charge in [0.2, 0.25) is 6.29 Å². The number of benzene rings is 1. The molecule has 1 aromatic rings. The third-order valence-electron chi connectivity index (χ3n) is 3.91. The molecule has 3 N–H and O–H groups in total. The van der Waals surface area contributed by atoms with Gasteiger partial charge in [-0.25, -0.2) is 0 Å². The summed E-state index contributed by atoms with van der Waals surface area (Å²) in [5, 5.41) is 9.17. The van der Waals surface area contributed by atoms with Gasteiger partial charge in [-0.1, -0.05) is 28.1 Å². The van der Waals surface area contributed by atoms with Gasteiger partial charge in [0.15, 0.2) is 5.76 Å². The molecule has 0 aromatic heterocycles. The largest absolute Gasteiger partial charge is 0.459 e. The normalized spacial score (nSPS) is 24.0. The van der Waals surface area contributed by atoms with E-state index < -0.39 is 12.2 Å². The molecule has 0 bridgehead atoms. The minimum absolute atomic E-state index is 0.00590. The molecule has 0 aliphatic carbocycles. The van der Waals surface area contributed by atoms with E-state index >= 15 is 0 Å². The fraction of sp³-hybridized carbons (Fsp3) is 0.471. The second-order valence-electron chi connectivity index (χ2n) is 5.44. The molecule has 126 valence electrons. The number of ether oxygens (including phenoxy) is 2. The predicted molar refractivity (Wildman–Crippen MR) is 90.5 cm³/mol. The number of carbonyl (C=O) groups is 1. The molecule has 23 heavy (non-hydrogen) atoms. The average Bonchev–Trinajstić information content (AvgIpc) is 2.54. The number of primary amides is 1. The molecule has 6 heteroatoms. The number of hydrogen-bond donors (Lipinski definition) is 2. The highest BCUT2D eigenvalue weighted by Gasteiger charge is 2.37. The average molecular weight is 384 g/mol. The number of halogens is 1. The smallest absolute Gasteiger partial charge is 0.283 e. The third kappa shape index (κ3) is 4.56. The lowest BCUT2D eigenvalue weighted by Gasteiger charge is -2.36. The van der Waals surface area contributed by atoms with Crippen LogP contribution in [-0.4, -0.2) is 30.5 Å². The fourth-order valence-electron chi connectivity index (χ4n) is 2.84. The Hall–Kier alpha value is -1.37. The molecule has 0 spiro atoms. The molecular formula is C17H22BrNO4. The van der Waals surface area contributed by atoms with Crippen LogP contribution in [0.5, 0.6) is 0 Å². The molecule has 2 rings (SSSR count). The number of rotatable bonds is 7.